The molecule has 3 N–H and O–H groups in total. The van der Waals surface area contributed by atoms with Crippen molar-refractivity contribution >= 4 is 31.9 Å². The van der Waals surface area contributed by atoms with Crippen LogP contribution in [-0.4, -0.2) is 19.5 Å². The second-order valence-electron chi connectivity index (χ2n) is 3.90. The fraction of sp³-hybridized carbons (Fsp3) is 0.364. The van der Waals surface area contributed by atoms with Crippen molar-refractivity contribution in [3.63, 3.8) is 0 Å². The van der Waals surface area contributed by atoms with Crippen LogP contribution < -0.4 is 5.14 Å². The molecule has 0 bridgehead atoms. The van der Waals surface area contributed by atoms with Crippen molar-refractivity contribution in [2.45, 2.75) is 31.6 Å². The highest BCUT2D eigenvalue weighted by atomic mass is 79.9. The molecule has 0 unspecified atom stereocenters. The van der Waals surface area contributed by atoms with Gasteiger partial charge in [-0.2, -0.15) is 0 Å². The zero-order chi connectivity index (χ0) is 14.5. The summed E-state index contributed by atoms with van der Waals surface area (Å²) in [6, 6.07) is 4.98. The van der Waals surface area contributed by atoms with Crippen LogP contribution in [0.5, 0.6) is 0 Å². The zero-order valence-electron chi connectivity index (χ0n) is 10.3. The SMILES string of the molecule is CC(=O)O.CC(C)c1cc(Br)ccc1S(N)(=O)=O. The third-order valence-corrected chi connectivity index (χ3v) is 3.38. The van der Waals surface area contributed by atoms with Gasteiger partial charge in [-0.1, -0.05) is 29.8 Å². The Morgan fingerprint density at radius 1 is 1.39 bits per heavy atom. The first-order valence-corrected chi connectivity index (χ1v) is 7.41. The lowest BCUT2D eigenvalue weighted by Gasteiger charge is -2.11. The summed E-state index contributed by atoms with van der Waals surface area (Å²) in [5.74, 6) is -0.708. The van der Waals surface area contributed by atoms with Crippen LogP contribution in [0.15, 0.2) is 27.6 Å². The Morgan fingerprint density at radius 2 is 1.83 bits per heavy atom. The van der Waals surface area contributed by atoms with E-state index < -0.39 is 16.0 Å². The lowest BCUT2D eigenvalue weighted by molar-refractivity contribution is -0.134. The average Bonchev–Trinajstić information content (AvgIpc) is 2.14. The second-order valence-corrected chi connectivity index (χ2v) is 6.35. The number of carboxylic acids is 1. The van der Waals surface area contributed by atoms with Crippen LogP contribution in [0.2, 0.25) is 0 Å². The highest BCUT2D eigenvalue weighted by Crippen LogP contribution is 2.26. The summed E-state index contributed by atoms with van der Waals surface area (Å²) in [7, 11) is -3.62. The van der Waals surface area contributed by atoms with E-state index in [9.17, 15) is 8.42 Å². The van der Waals surface area contributed by atoms with E-state index in [1.807, 2.05) is 13.8 Å². The number of nitrogens with two attached hydrogens (primary N) is 1. The fourth-order valence-electron chi connectivity index (χ4n) is 1.23. The third-order valence-electron chi connectivity index (χ3n) is 1.90. The number of hydrogen-bond acceptors (Lipinski definition) is 3. The molecule has 7 heteroatoms. The number of rotatable bonds is 2. The van der Waals surface area contributed by atoms with Crippen LogP contribution in [0, 0.1) is 0 Å². The first-order valence-electron chi connectivity index (χ1n) is 5.07. The lowest BCUT2D eigenvalue weighted by Crippen LogP contribution is -2.15. The smallest absolute Gasteiger partial charge is 0.300 e. The highest BCUT2D eigenvalue weighted by Gasteiger charge is 2.15. The largest absolute Gasteiger partial charge is 0.481 e. The number of aliphatic carboxylic acids is 1. The molecule has 0 atom stereocenters. The Morgan fingerprint density at radius 3 is 2.17 bits per heavy atom. The van der Waals surface area contributed by atoms with Gasteiger partial charge in [0.05, 0.1) is 4.90 Å². The lowest BCUT2D eigenvalue weighted by atomic mass is 10.0. The maximum atomic E-state index is 11.2. The van der Waals surface area contributed by atoms with Gasteiger partial charge in [0.25, 0.3) is 5.97 Å². The van der Waals surface area contributed by atoms with Crippen LogP contribution >= 0.6 is 15.9 Å². The number of primary sulfonamides is 1. The standard InChI is InChI=1S/C9H12BrNO2S.C2H4O2/c1-6(2)8-5-7(10)3-4-9(8)14(11,12)13;1-2(3)4/h3-6H,1-2H3,(H2,11,12,13);1H3,(H,3,4). The Balaban J connectivity index is 0.000000631. The summed E-state index contributed by atoms with van der Waals surface area (Å²) < 4.78 is 23.3. The number of benzene rings is 1. The van der Waals surface area contributed by atoms with E-state index in [-0.39, 0.29) is 10.8 Å². The van der Waals surface area contributed by atoms with Crippen molar-refractivity contribution in [1.82, 2.24) is 0 Å². The van der Waals surface area contributed by atoms with E-state index in [2.05, 4.69) is 15.9 Å². The summed E-state index contributed by atoms with van der Waals surface area (Å²) in [5.41, 5.74) is 0.738. The molecule has 5 nitrogen and oxygen atoms in total. The van der Waals surface area contributed by atoms with Crippen LogP contribution in [-0.2, 0) is 14.8 Å². The highest BCUT2D eigenvalue weighted by molar-refractivity contribution is 9.10. The molecule has 0 heterocycles. The van der Waals surface area contributed by atoms with Crippen LogP contribution in [0.4, 0.5) is 0 Å². The number of sulfonamides is 1. The Hall–Kier alpha value is -0.920. The minimum absolute atomic E-state index is 0.126. The molecule has 0 saturated heterocycles. The molecule has 0 fully saturated rings. The third kappa shape index (κ3) is 6.13. The Labute approximate surface area is 115 Å². The summed E-state index contributed by atoms with van der Waals surface area (Å²) in [4.78, 5) is 9.20. The van der Waals surface area contributed by atoms with E-state index in [0.29, 0.717) is 0 Å². The molecule has 1 aromatic carbocycles. The van der Waals surface area contributed by atoms with E-state index in [0.717, 1.165) is 17.0 Å². The topological polar surface area (TPSA) is 97.5 Å². The molecular formula is C11H16BrNO4S. The minimum Gasteiger partial charge on any atom is -0.481 e. The van der Waals surface area contributed by atoms with Crippen molar-refractivity contribution in [3.05, 3.63) is 28.2 Å². The van der Waals surface area contributed by atoms with Gasteiger partial charge in [0.15, 0.2) is 0 Å². The van der Waals surface area contributed by atoms with Gasteiger partial charge in [-0.15, -0.1) is 0 Å². The summed E-state index contributed by atoms with van der Waals surface area (Å²) in [6.07, 6.45) is 0. The zero-order valence-corrected chi connectivity index (χ0v) is 12.7. The van der Waals surface area contributed by atoms with Gasteiger partial charge in [-0.3, -0.25) is 4.79 Å². The molecule has 102 valence electrons. The number of carbonyl (C=O) groups is 1. The first-order chi connectivity index (χ1) is 8.05. The monoisotopic (exact) mass is 337 g/mol. The summed E-state index contributed by atoms with van der Waals surface area (Å²) >= 11 is 3.30. The van der Waals surface area contributed by atoms with E-state index in [4.69, 9.17) is 15.0 Å². The quantitative estimate of drug-likeness (QED) is 0.865. The first kappa shape index (κ1) is 17.1. The van der Waals surface area contributed by atoms with Crippen molar-refractivity contribution < 1.29 is 18.3 Å². The molecule has 1 rings (SSSR count). The van der Waals surface area contributed by atoms with Gasteiger partial charge < -0.3 is 5.11 Å². The van der Waals surface area contributed by atoms with Gasteiger partial charge >= 0.3 is 0 Å². The van der Waals surface area contributed by atoms with Gasteiger partial charge in [0.2, 0.25) is 10.0 Å². The Kier molecular flexibility index (Phi) is 6.51. The van der Waals surface area contributed by atoms with Gasteiger partial charge in [0.1, 0.15) is 0 Å². The maximum absolute atomic E-state index is 11.2. The van der Waals surface area contributed by atoms with Crippen LogP contribution in [0.3, 0.4) is 0 Å². The van der Waals surface area contributed by atoms with Gasteiger partial charge in [-0.05, 0) is 29.7 Å². The minimum atomic E-state index is -3.62. The second kappa shape index (κ2) is 6.86. The van der Waals surface area contributed by atoms with Crippen molar-refractivity contribution in [2.75, 3.05) is 0 Å². The molecule has 0 spiro atoms. The average molecular weight is 338 g/mol. The molecule has 0 radical (unpaired) electrons. The molecule has 0 saturated carbocycles. The number of carboxylic acid groups (broad SMARTS) is 1. The van der Waals surface area contributed by atoms with Crippen molar-refractivity contribution in [3.8, 4) is 0 Å². The molecule has 18 heavy (non-hydrogen) atoms. The van der Waals surface area contributed by atoms with Crippen LogP contribution in [0.25, 0.3) is 0 Å². The molecule has 0 aliphatic carbocycles. The normalized spacial score (nSPS) is 10.8. The van der Waals surface area contributed by atoms with Gasteiger partial charge in [-0.25, -0.2) is 13.6 Å². The van der Waals surface area contributed by atoms with Crippen molar-refractivity contribution in [2.24, 2.45) is 5.14 Å². The van der Waals surface area contributed by atoms with E-state index >= 15 is 0 Å². The van der Waals surface area contributed by atoms with E-state index in [1.165, 1.54) is 6.07 Å². The molecule has 0 aromatic heterocycles. The van der Waals surface area contributed by atoms with Crippen molar-refractivity contribution in [1.29, 1.82) is 0 Å². The van der Waals surface area contributed by atoms with Gasteiger partial charge in [0, 0.05) is 11.4 Å². The summed E-state index contributed by atoms with van der Waals surface area (Å²) in [5, 5.41) is 12.5. The van der Waals surface area contributed by atoms with E-state index in [1.54, 1.807) is 12.1 Å². The molecule has 0 aliphatic heterocycles. The fourth-order valence-corrected chi connectivity index (χ4v) is 2.49. The number of halogens is 1. The predicted octanol–water partition coefficient (Wildman–Crippen LogP) is 2.31. The summed E-state index contributed by atoms with van der Waals surface area (Å²) in [6.45, 7) is 4.94. The van der Waals surface area contributed by atoms with Crippen LogP contribution in [0.1, 0.15) is 32.3 Å². The Bertz CT molecular complexity index is 522. The number of hydrogen-bond donors (Lipinski definition) is 2. The molecule has 1 aromatic rings. The maximum Gasteiger partial charge on any atom is 0.300 e. The molecule has 0 aliphatic rings. The molecular weight excluding hydrogens is 322 g/mol. The predicted molar refractivity (Wildman–Crippen MR) is 72.9 cm³/mol. The molecule has 0 amide bonds.